The van der Waals surface area contributed by atoms with Crippen LogP contribution in [0.3, 0.4) is 0 Å². The third-order valence-corrected chi connectivity index (χ3v) is 16.3. The molecule has 4 aliphatic carbocycles. The van der Waals surface area contributed by atoms with Gasteiger partial charge in [0, 0.05) is 32.5 Å². The Labute approximate surface area is 368 Å². The number of hydrogen-bond acceptors (Lipinski definition) is 5. The lowest BCUT2D eigenvalue weighted by atomic mass is 9.47. The Morgan fingerprint density at radius 2 is 1.43 bits per heavy atom. The van der Waals surface area contributed by atoms with Crippen molar-refractivity contribution in [2.75, 3.05) is 32.7 Å². The minimum atomic E-state index is -0.411. The summed E-state index contributed by atoms with van der Waals surface area (Å²) in [4.78, 5) is 40.9. The second kappa shape index (κ2) is 26.5. The fourth-order valence-electron chi connectivity index (χ4n) is 12.6. The number of rotatable bonds is 29. The molecule has 0 bridgehead atoms. The number of fused-ring (bicyclic) bond motifs is 5. The first-order valence-corrected chi connectivity index (χ1v) is 25.8. The lowest BCUT2D eigenvalue weighted by Crippen LogP contribution is -2.51. The lowest BCUT2D eigenvalue weighted by Gasteiger charge is -2.58. The van der Waals surface area contributed by atoms with Gasteiger partial charge in [-0.3, -0.25) is 14.5 Å². The third-order valence-electron chi connectivity index (χ3n) is 16.3. The molecule has 4 rings (SSSR count). The Morgan fingerprint density at radius 3 is 2.12 bits per heavy atom. The summed E-state index contributed by atoms with van der Waals surface area (Å²) in [7, 11) is 0. The van der Waals surface area contributed by atoms with Crippen LogP contribution in [0.2, 0.25) is 0 Å². The van der Waals surface area contributed by atoms with Crippen molar-refractivity contribution in [3.8, 4) is 0 Å². The Bertz CT molecular complexity index is 1300. The maximum Gasteiger partial charge on any atom is 0.410 e. The van der Waals surface area contributed by atoms with Crippen molar-refractivity contribution in [2.45, 2.75) is 221 Å². The van der Waals surface area contributed by atoms with Crippen LogP contribution in [0.15, 0.2) is 11.6 Å². The summed E-state index contributed by atoms with van der Waals surface area (Å²) in [6, 6.07) is 0. The van der Waals surface area contributed by atoms with E-state index in [2.05, 4.69) is 58.3 Å². The number of ether oxygens (including phenoxy) is 1. The SMILES string of the molecule is CCCCCCCCCCCCCCC(=O)NCCCN(CC(=O)NCCCCN)C(=O)O[C@H]1CC[C@@]2(C)C(=CC[C@H]3[C@@H]4CC[C@H]([C@H](C)CCCC(C)C)[C@@]4(C)CC[C@@H]32)C1. The molecule has 8 atom stereocenters. The highest BCUT2D eigenvalue weighted by molar-refractivity contribution is 5.82. The molecule has 0 spiro atoms. The highest BCUT2D eigenvalue weighted by atomic mass is 16.6. The maximum absolute atomic E-state index is 13.8. The summed E-state index contributed by atoms with van der Waals surface area (Å²) in [5.41, 5.74) is 7.81. The molecule has 346 valence electrons. The smallest absolute Gasteiger partial charge is 0.410 e. The second-order valence-corrected chi connectivity index (χ2v) is 21.1. The molecule has 3 saturated carbocycles. The van der Waals surface area contributed by atoms with Gasteiger partial charge in [-0.15, -0.1) is 0 Å². The van der Waals surface area contributed by atoms with Gasteiger partial charge in [0.2, 0.25) is 11.8 Å². The van der Waals surface area contributed by atoms with Gasteiger partial charge in [-0.2, -0.15) is 0 Å². The van der Waals surface area contributed by atoms with Crippen LogP contribution in [0.25, 0.3) is 0 Å². The predicted molar refractivity (Wildman–Crippen MR) is 250 cm³/mol. The van der Waals surface area contributed by atoms with Crippen molar-refractivity contribution in [3.63, 3.8) is 0 Å². The van der Waals surface area contributed by atoms with E-state index in [9.17, 15) is 14.4 Å². The Morgan fingerprint density at radius 1 is 0.767 bits per heavy atom. The van der Waals surface area contributed by atoms with Crippen molar-refractivity contribution < 1.29 is 19.1 Å². The molecule has 4 aliphatic rings. The zero-order valence-corrected chi connectivity index (χ0v) is 39.9. The zero-order valence-electron chi connectivity index (χ0n) is 39.9. The first-order valence-electron chi connectivity index (χ1n) is 25.8. The summed E-state index contributed by atoms with van der Waals surface area (Å²) in [6.07, 6.45) is 33.6. The molecule has 0 aromatic carbocycles. The van der Waals surface area contributed by atoms with Gasteiger partial charge in [0.25, 0.3) is 0 Å². The van der Waals surface area contributed by atoms with Crippen LogP contribution < -0.4 is 16.4 Å². The molecule has 4 N–H and O–H groups in total. The van der Waals surface area contributed by atoms with Crippen LogP contribution in [0.1, 0.15) is 215 Å². The zero-order chi connectivity index (χ0) is 43.4. The minimum absolute atomic E-state index is 0.0390. The standard InChI is InChI=1S/C52H94N4O4/c1-7-8-9-10-11-12-13-14-15-16-17-18-25-48(57)54-36-22-37-56(39-49(58)55-35-20-19-34-53)50(59)60-43-30-32-51(5)42(38-43)26-27-44-46-29-28-45(41(4)24-21-23-40(2)3)52(46,6)33-31-47(44)51/h26,40-41,43-47H,7-25,27-39,53H2,1-6H3,(H,54,57)(H,55,58)/t41-,43+,44+,45-,46+,47+,51+,52-/m1/s1. The largest absolute Gasteiger partial charge is 0.446 e. The van der Waals surface area contributed by atoms with Crippen LogP contribution >= 0.6 is 0 Å². The summed E-state index contributed by atoms with van der Waals surface area (Å²) in [5, 5.41) is 6.01. The van der Waals surface area contributed by atoms with E-state index in [1.165, 1.54) is 121 Å². The van der Waals surface area contributed by atoms with E-state index in [0.717, 1.165) is 80.5 Å². The quantitative estimate of drug-likeness (QED) is 0.0513. The number of amides is 3. The lowest BCUT2D eigenvalue weighted by molar-refractivity contribution is -0.123. The summed E-state index contributed by atoms with van der Waals surface area (Å²) in [6.45, 7) is 16.7. The number of nitrogens with zero attached hydrogens (tertiary/aromatic N) is 1. The van der Waals surface area contributed by atoms with Crippen LogP contribution in [0.5, 0.6) is 0 Å². The van der Waals surface area contributed by atoms with E-state index in [0.29, 0.717) is 44.4 Å². The van der Waals surface area contributed by atoms with Crippen LogP contribution in [-0.2, 0) is 14.3 Å². The summed E-state index contributed by atoms with van der Waals surface area (Å²) in [5.74, 6) is 4.69. The third kappa shape index (κ3) is 15.3. The number of carbonyl (C=O) groups is 3. The number of nitrogens with two attached hydrogens (primary N) is 1. The highest BCUT2D eigenvalue weighted by Gasteiger charge is 2.59. The molecule has 0 aliphatic heterocycles. The topological polar surface area (TPSA) is 114 Å². The van der Waals surface area contributed by atoms with Crippen LogP contribution in [0.4, 0.5) is 4.79 Å². The van der Waals surface area contributed by atoms with E-state index in [1.807, 2.05) is 0 Å². The van der Waals surface area contributed by atoms with E-state index in [-0.39, 0.29) is 29.9 Å². The van der Waals surface area contributed by atoms with Crippen molar-refractivity contribution >= 4 is 17.9 Å². The van der Waals surface area contributed by atoms with Gasteiger partial charge < -0.3 is 21.1 Å². The fraction of sp³-hybridized carbons (Fsp3) is 0.904. The molecule has 3 amide bonds. The van der Waals surface area contributed by atoms with Crippen LogP contribution in [0, 0.1) is 46.3 Å². The molecular weight excluding hydrogens is 745 g/mol. The normalized spacial score (nSPS) is 27.7. The van der Waals surface area contributed by atoms with E-state index < -0.39 is 6.09 Å². The van der Waals surface area contributed by atoms with Crippen molar-refractivity contribution in [3.05, 3.63) is 11.6 Å². The van der Waals surface area contributed by atoms with E-state index in [4.69, 9.17) is 10.5 Å². The van der Waals surface area contributed by atoms with Gasteiger partial charge in [-0.25, -0.2) is 4.79 Å². The summed E-state index contributed by atoms with van der Waals surface area (Å²) < 4.78 is 6.27. The van der Waals surface area contributed by atoms with E-state index >= 15 is 0 Å². The molecule has 0 aromatic heterocycles. The van der Waals surface area contributed by atoms with Gasteiger partial charge >= 0.3 is 6.09 Å². The number of nitrogens with one attached hydrogen (secondary N) is 2. The average molecular weight is 839 g/mol. The van der Waals surface area contributed by atoms with Gasteiger partial charge in [-0.1, -0.05) is 143 Å². The molecule has 0 saturated heterocycles. The molecule has 0 unspecified atom stereocenters. The van der Waals surface area contributed by atoms with Gasteiger partial charge in [0.15, 0.2) is 0 Å². The molecular formula is C52H94N4O4. The van der Waals surface area contributed by atoms with Crippen molar-refractivity contribution in [2.24, 2.45) is 52.1 Å². The minimum Gasteiger partial charge on any atom is -0.446 e. The number of unbranched alkanes of at least 4 members (excludes halogenated alkanes) is 12. The van der Waals surface area contributed by atoms with Gasteiger partial charge in [0.05, 0.1) is 0 Å². The fourth-order valence-corrected chi connectivity index (χ4v) is 12.6. The molecule has 0 radical (unpaired) electrons. The molecule has 0 heterocycles. The molecule has 3 fully saturated rings. The highest BCUT2D eigenvalue weighted by Crippen LogP contribution is 2.67. The first-order chi connectivity index (χ1) is 28.9. The molecule has 8 heteroatoms. The Balaban J connectivity index is 1.22. The number of allylic oxidation sites excluding steroid dienone is 1. The molecule has 0 aromatic rings. The molecule has 8 nitrogen and oxygen atoms in total. The van der Waals surface area contributed by atoms with Gasteiger partial charge in [0.1, 0.15) is 12.6 Å². The molecule has 60 heavy (non-hydrogen) atoms. The summed E-state index contributed by atoms with van der Waals surface area (Å²) >= 11 is 0. The second-order valence-electron chi connectivity index (χ2n) is 21.1. The first kappa shape index (κ1) is 50.6. The van der Waals surface area contributed by atoms with Crippen molar-refractivity contribution in [1.82, 2.24) is 15.5 Å². The predicted octanol–water partition coefficient (Wildman–Crippen LogP) is 12.3. The van der Waals surface area contributed by atoms with Crippen molar-refractivity contribution in [1.29, 1.82) is 0 Å². The average Bonchev–Trinajstić information content (AvgIpc) is 3.58. The monoisotopic (exact) mass is 839 g/mol. The number of hydrogen-bond donors (Lipinski definition) is 3. The maximum atomic E-state index is 13.8. The van der Waals surface area contributed by atoms with E-state index in [1.54, 1.807) is 4.90 Å². The van der Waals surface area contributed by atoms with Gasteiger partial charge in [-0.05, 0) is 124 Å². The Kier molecular flexibility index (Phi) is 22.3. The van der Waals surface area contributed by atoms with Crippen LogP contribution in [-0.4, -0.2) is 61.6 Å². The Hall–Kier alpha value is -2.09. The number of carbonyl (C=O) groups excluding carboxylic acids is 3.